The van der Waals surface area contributed by atoms with Crippen molar-refractivity contribution in [2.24, 2.45) is 5.92 Å². The fourth-order valence-corrected chi connectivity index (χ4v) is 3.56. The van der Waals surface area contributed by atoms with Gasteiger partial charge in [-0.05, 0) is 25.0 Å². The van der Waals surface area contributed by atoms with Crippen LogP contribution in [-0.2, 0) is 0 Å². The van der Waals surface area contributed by atoms with Gasteiger partial charge in [0.25, 0.3) is 5.91 Å². The van der Waals surface area contributed by atoms with Gasteiger partial charge in [-0.2, -0.15) is 0 Å². The van der Waals surface area contributed by atoms with Gasteiger partial charge in [0, 0.05) is 18.0 Å². The fourth-order valence-electron chi connectivity index (χ4n) is 2.70. The lowest BCUT2D eigenvalue weighted by Crippen LogP contribution is -2.32. The molecule has 0 bridgehead atoms. The lowest BCUT2D eigenvalue weighted by atomic mass is 10.1. The Morgan fingerprint density at radius 3 is 2.95 bits per heavy atom. The summed E-state index contributed by atoms with van der Waals surface area (Å²) in [5.74, 6) is -0.444. The Balaban J connectivity index is 1.66. The number of carbonyl (C=O) groups is 1. The summed E-state index contributed by atoms with van der Waals surface area (Å²) < 4.78 is 13.7. The number of benzene rings is 1. The maximum atomic E-state index is 13.7. The highest BCUT2D eigenvalue weighted by Crippen LogP contribution is 2.28. The van der Waals surface area contributed by atoms with Crippen LogP contribution in [0, 0.1) is 11.7 Å². The number of aliphatic hydroxyl groups is 1. The Morgan fingerprint density at radius 2 is 2.23 bits per heavy atom. The third kappa shape index (κ3) is 3.18. The van der Waals surface area contributed by atoms with E-state index in [1.165, 1.54) is 23.6 Å². The smallest absolute Gasteiger partial charge is 0.263 e. The van der Waals surface area contributed by atoms with Crippen LogP contribution in [0.25, 0.3) is 10.6 Å². The van der Waals surface area contributed by atoms with Crippen molar-refractivity contribution >= 4 is 17.2 Å². The molecule has 1 aromatic carbocycles. The molecule has 0 aliphatic heterocycles. The highest BCUT2D eigenvalue weighted by atomic mass is 32.1. The maximum absolute atomic E-state index is 13.7. The van der Waals surface area contributed by atoms with Gasteiger partial charge in [-0.15, -0.1) is 11.3 Å². The molecule has 4 nitrogen and oxygen atoms in total. The largest absolute Gasteiger partial charge is 0.393 e. The Bertz CT molecular complexity index is 674. The van der Waals surface area contributed by atoms with Crippen molar-refractivity contribution in [3.05, 3.63) is 41.2 Å². The molecule has 1 saturated carbocycles. The molecule has 0 saturated heterocycles. The molecule has 116 valence electrons. The number of nitrogens with zero attached hydrogens (tertiary/aromatic N) is 1. The molecule has 2 atom stereocenters. The average molecular weight is 320 g/mol. The topological polar surface area (TPSA) is 62.2 Å². The van der Waals surface area contributed by atoms with E-state index in [4.69, 9.17) is 0 Å². The molecule has 22 heavy (non-hydrogen) atoms. The van der Waals surface area contributed by atoms with Gasteiger partial charge < -0.3 is 10.4 Å². The molecule has 1 fully saturated rings. The first-order valence-corrected chi connectivity index (χ1v) is 8.14. The number of halogens is 1. The predicted octanol–water partition coefficient (Wildman–Crippen LogP) is 2.84. The van der Waals surface area contributed by atoms with Gasteiger partial charge in [0.05, 0.1) is 12.3 Å². The molecule has 1 aliphatic rings. The van der Waals surface area contributed by atoms with Crippen molar-refractivity contribution in [2.45, 2.75) is 25.4 Å². The van der Waals surface area contributed by atoms with E-state index < -0.39 is 0 Å². The first-order valence-electron chi connectivity index (χ1n) is 7.32. The monoisotopic (exact) mass is 320 g/mol. The average Bonchev–Trinajstić information content (AvgIpc) is 3.14. The van der Waals surface area contributed by atoms with Crippen LogP contribution in [0.15, 0.2) is 30.5 Å². The van der Waals surface area contributed by atoms with Crippen LogP contribution in [0.3, 0.4) is 0 Å². The summed E-state index contributed by atoms with van der Waals surface area (Å²) in [5, 5.41) is 13.1. The molecule has 1 heterocycles. The summed E-state index contributed by atoms with van der Waals surface area (Å²) in [6, 6.07) is 6.37. The highest BCUT2D eigenvalue weighted by molar-refractivity contribution is 7.16. The van der Waals surface area contributed by atoms with Crippen LogP contribution in [0.4, 0.5) is 4.39 Å². The Hall–Kier alpha value is -1.79. The van der Waals surface area contributed by atoms with E-state index in [0.717, 1.165) is 19.3 Å². The minimum Gasteiger partial charge on any atom is -0.393 e. The van der Waals surface area contributed by atoms with Crippen molar-refractivity contribution in [3.8, 4) is 10.6 Å². The third-order valence-electron chi connectivity index (χ3n) is 3.98. The molecule has 2 N–H and O–H groups in total. The van der Waals surface area contributed by atoms with Crippen molar-refractivity contribution in [3.63, 3.8) is 0 Å². The van der Waals surface area contributed by atoms with E-state index in [1.54, 1.807) is 18.2 Å². The van der Waals surface area contributed by atoms with Crippen LogP contribution >= 0.6 is 11.3 Å². The van der Waals surface area contributed by atoms with Gasteiger partial charge >= 0.3 is 0 Å². The molecule has 2 unspecified atom stereocenters. The summed E-state index contributed by atoms with van der Waals surface area (Å²) in [6.07, 6.45) is 3.88. The van der Waals surface area contributed by atoms with Crippen LogP contribution < -0.4 is 5.32 Å². The summed E-state index contributed by atoms with van der Waals surface area (Å²) >= 11 is 1.17. The third-order valence-corrected chi connectivity index (χ3v) is 5.01. The molecule has 1 aliphatic carbocycles. The Labute approximate surface area is 132 Å². The van der Waals surface area contributed by atoms with E-state index in [2.05, 4.69) is 10.3 Å². The Kier molecular flexibility index (Phi) is 4.49. The normalized spacial score (nSPS) is 21.0. The highest BCUT2D eigenvalue weighted by Gasteiger charge is 2.25. The number of hydrogen-bond donors (Lipinski definition) is 2. The first kappa shape index (κ1) is 15.1. The summed E-state index contributed by atoms with van der Waals surface area (Å²) in [6.45, 7) is 0.465. The summed E-state index contributed by atoms with van der Waals surface area (Å²) in [4.78, 5) is 16.7. The van der Waals surface area contributed by atoms with Crippen molar-refractivity contribution in [2.75, 3.05) is 6.54 Å². The molecule has 1 amide bonds. The number of nitrogens with one attached hydrogen (secondary N) is 1. The van der Waals surface area contributed by atoms with Crippen molar-refractivity contribution < 1.29 is 14.3 Å². The summed E-state index contributed by atoms with van der Waals surface area (Å²) in [7, 11) is 0. The zero-order valence-corrected chi connectivity index (χ0v) is 12.8. The van der Waals surface area contributed by atoms with Crippen LogP contribution in [-0.4, -0.2) is 28.6 Å². The number of hydrogen-bond acceptors (Lipinski definition) is 4. The minimum absolute atomic E-state index is 0.128. The number of thiazole rings is 1. The fraction of sp³-hybridized carbons (Fsp3) is 0.375. The van der Waals surface area contributed by atoms with Gasteiger partial charge in [-0.3, -0.25) is 4.79 Å². The number of aliphatic hydroxyl groups excluding tert-OH is 1. The minimum atomic E-state index is -0.349. The zero-order valence-electron chi connectivity index (χ0n) is 12.0. The van der Waals surface area contributed by atoms with Crippen LogP contribution in [0.1, 0.15) is 28.9 Å². The number of carbonyl (C=O) groups excluding carboxylic acids is 1. The quantitative estimate of drug-likeness (QED) is 0.910. The Morgan fingerprint density at radius 1 is 1.41 bits per heavy atom. The molecule has 6 heteroatoms. The molecule has 0 radical (unpaired) electrons. The van der Waals surface area contributed by atoms with Gasteiger partial charge in [0.2, 0.25) is 0 Å². The second kappa shape index (κ2) is 6.54. The number of aromatic nitrogens is 1. The molecule has 3 rings (SSSR count). The van der Waals surface area contributed by atoms with E-state index in [0.29, 0.717) is 22.0 Å². The molecule has 1 aromatic heterocycles. The second-order valence-electron chi connectivity index (χ2n) is 5.48. The van der Waals surface area contributed by atoms with Gasteiger partial charge in [-0.25, -0.2) is 9.37 Å². The van der Waals surface area contributed by atoms with Gasteiger partial charge in [0.1, 0.15) is 15.7 Å². The molecule has 0 spiro atoms. The van der Waals surface area contributed by atoms with E-state index >= 15 is 0 Å². The molecular formula is C16H17FN2O2S. The molecular weight excluding hydrogens is 303 g/mol. The van der Waals surface area contributed by atoms with Crippen molar-refractivity contribution in [1.82, 2.24) is 10.3 Å². The second-order valence-corrected chi connectivity index (χ2v) is 6.51. The van der Waals surface area contributed by atoms with Crippen molar-refractivity contribution in [1.29, 1.82) is 0 Å². The lowest BCUT2D eigenvalue weighted by molar-refractivity contribution is 0.0920. The van der Waals surface area contributed by atoms with Crippen LogP contribution in [0.5, 0.6) is 0 Å². The van der Waals surface area contributed by atoms with Gasteiger partial charge in [0.15, 0.2) is 0 Å². The summed E-state index contributed by atoms with van der Waals surface area (Å²) in [5.41, 5.74) is 0.401. The molecule has 2 aromatic rings. The van der Waals surface area contributed by atoms with E-state index in [-0.39, 0.29) is 23.7 Å². The first-order chi connectivity index (χ1) is 10.6. The maximum Gasteiger partial charge on any atom is 0.263 e. The van der Waals surface area contributed by atoms with E-state index in [1.807, 2.05) is 0 Å². The zero-order chi connectivity index (χ0) is 15.5. The van der Waals surface area contributed by atoms with E-state index in [9.17, 15) is 14.3 Å². The van der Waals surface area contributed by atoms with Crippen LogP contribution in [0.2, 0.25) is 0 Å². The number of amides is 1. The number of rotatable bonds is 4. The predicted molar refractivity (Wildman–Crippen MR) is 83.2 cm³/mol. The lowest BCUT2D eigenvalue weighted by Gasteiger charge is -2.14. The SMILES string of the molecule is O=C(NCC1CCCC1O)c1cnc(-c2ccccc2F)s1. The standard InChI is InChI=1S/C16H17FN2O2S/c17-12-6-2-1-5-11(12)16-19-9-14(22-16)15(21)18-8-10-4-3-7-13(10)20/h1-2,5-6,9-10,13,20H,3-4,7-8H2,(H,18,21). The van der Waals surface area contributed by atoms with Gasteiger partial charge in [-0.1, -0.05) is 18.6 Å².